The van der Waals surface area contributed by atoms with Crippen molar-refractivity contribution in [3.05, 3.63) is 28.8 Å². The Balaban J connectivity index is 2.89. The summed E-state index contributed by atoms with van der Waals surface area (Å²) in [5.41, 5.74) is 1.33. The summed E-state index contributed by atoms with van der Waals surface area (Å²) in [6.07, 6.45) is 0.911. The first-order valence-electron chi connectivity index (χ1n) is 5.89. The molecule has 1 atom stereocenters. The summed E-state index contributed by atoms with van der Waals surface area (Å²) in [6.45, 7) is 2.66. The molecule has 1 aromatic rings. The van der Waals surface area contributed by atoms with Gasteiger partial charge < -0.3 is 15.4 Å². The fourth-order valence-electron chi connectivity index (χ4n) is 1.60. The Morgan fingerprint density at radius 1 is 1.50 bits per heavy atom. The summed E-state index contributed by atoms with van der Waals surface area (Å²) >= 11 is 6.11. The maximum absolute atomic E-state index is 11.6. The monoisotopic (exact) mass is 270 g/mol. The molecule has 0 radical (unpaired) electrons. The van der Waals surface area contributed by atoms with Gasteiger partial charge in [0.15, 0.2) is 0 Å². The van der Waals surface area contributed by atoms with E-state index in [9.17, 15) is 4.79 Å². The van der Waals surface area contributed by atoms with Crippen LogP contribution >= 0.6 is 11.6 Å². The van der Waals surface area contributed by atoms with Gasteiger partial charge in [-0.25, -0.2) is 0 Å². The zero-order valence-electron chi connectivity index (χ0n) is 10.9. The second-order valence-corrected chi connectivity index (χ2v) is 4.39. The van der Waals surface area contributed by atoms with Gasteiger partial charge in [0.05, 0.1) is 17.3 Å². The van der Waals surface area contributed by atoms with E-state index in [-0.39, 0.29) is 11.9 Å². The molecule has 0 saturated carbocycles. The summed E-state index contributed by atoms with van der Waals surface area (Å²) in [6, 6.07) is 5.34. The van der Waals surface area contributed by atoms with Crippen LogP contribution < -0.4 is 10.6 Å². The Hall–Kier alpha value is -1.26. The standard InChI is InChI=1S/C13H19ClN2O2/c1-4-10(8-18-3)16-12-7-9(13(17)15-2)5-6-11(12)14/h5-7,10,16H,4,8H2,1-3H3,(H,15,17). The number of rotatable bonds is 6. The molecule has 1 amide bonds. The molecule has 0 fully saturated rings. The molecule has 0 bridgehead atoms. The van der Waals surface area contributed by atoms with Gasteiger partial charge in [0.2, 0.25) is 0 Å². The van der Waals surface area contributed by atoms with Crippen LogP contribution in [-0.2, 0) is 4.74 Å². The van der Waals surface area contributed by atoms with Crippen molar-refractivity contribution in [2.45, 2.75) is 19.4 Å². The summed E-state index contributed by atoms with van der Waals surface area (Å²) in [4.78, 5) is 11.6. The van der Waals surface area contributed by atoms with Crippen molar-refractivity contribution in [3.8, 4) is 0 Å². The normalized spacial score (nSPS) is 12.0. The zero-order valence-corrected chi connectivity index (χ0v) is 11.7. The molecule has 5 heteroatoms. The van der Waals surface area contributed by atoms with Crippen LogP contribution in [0.2, 0.25) is 5.02 Å². The first-order valence-corrected chi connectivity index (χ1v) is 6.27. The topological polar surface area (TPSA) is 50.4 Å². The Labute approximate surface area is 113 Å². The highest BCUT2D eigenvalue weighted by Gasteiger charge is 2.11. The number of amides is 1. The van der Waals surface area contributed by atoms with Crippen LogP contribution in [-0.4, -0.2) is 32.7 Å². The zero-order chi connectivity index (χ0) is 13.5. The van der Waals surface area contributed by atoms with Crippen molar-refractivity contribution >= 4 is 23.2 Å². The molecule has 1 rings (SSSR count). The molecule has 0 heterocycles. The van der Waals surface area contributed by atoms with Gasteiger partial charge in [0, 0.05) is 25.8 Å². The third-order valence-corrected chi connectivity index (χ3v) is 3.01. The third kappa shape index (κ3) is 3.89. The average molecular weight is 271 g/mol. The van der Waals surface area contributed by atoms with Gasteiger partial charge in [-0.05, 0) is 24.6 Å². The number of methoxy groups -OCH3 is 1. The van der Waals surface area contributed by atoms with E-state index in [0.29, 0.717) is 17.2 Å². The van der Waals surface area contributed by atoms with Gasteiger partial charge in [-0.2, -0.15) is 0 Å². The van der Waals surface area contributed by atoms with E-state index in [4.69, 9.17) is 16.3 Å². The smallest absolute Gasteiger partial charge is 0.251 e. The number of ether oxygens (including phenoxy) is 1. The van der Waals surface area contributed by atoms with Crippen LogP contribution in [0.4, 0.5) is 5.69 Å². The fourth-order valence-corrected chi connectivity index (χ4v) is 1.78. The van der Waals surface area contributed by atoms with E-state index < -0.39 is 0 Å². The van der Waals surface area contributed by atoms with E-state index in [0.717, 1.165) is 12.1 Å². The summed E-state index contributed by atoms with van der Waals surface area (Å²) in [5, 5.41) is 6.46. The number of carbonyl (C=O) groups excluding carboxylic acids is 1. The number of hydrogen-bond acceptors (Lipinski definition) is 3. The van der Waals surface area contributed by atoms with Crippen LogP contribution in [0.15, 0.2) is 18.2 Å². The fraction of sp³-hybridized carbons (Fsp3) is 0.462. The molecule has 18 heavy (non-hydrogen) atoms. The van der Waals surface area contributed by atoms with E-state index in [1.54, 1.807) is 32.4 Å². The number of hydrogen-bond donors (Lipinski definition) is 2. The van der Waals surface area contributed by atoms with Crippen LogP contribution in [0.3, 0.4) is 0 Å². The summed E-state index contributed by atoms with van der Waals surface area (Å²) in [5.74, 6) is -0.130. The lowest BCUT2D eigenvalue weighted by Crippen LogP contribution is -2.24. The van der Waals surface area contributed by atoms with Gasteiger partial charge in [0.1, 0.15) is 0 Å². The first-order chi connectivity index (χ1) is 8.62. The molecule has 0 aliphatic rings. The summed E-state index contributed by atoms with van der Waals surface area (Å²) < 4.78 is 5.12. The molecule has 100 valence electrons. The van der Waals surface area contributed by atoms with Crippen molar-refractivity contribution in [2.24, 2.45) is 0 Å². The molecular weight excluding hydrogens is 252 g/mol. The van der Waals surface area contributed by atoms with E-state index in [2.05, 4.69) is 17.6 Å². The molecular formula is C13H19ClN2O2. The second kappa shape index (κ2) is 7.24. The quantitative estimate of drug-likeness (QED) is 0.835. The molecule has 4 nitrogen and oxygen atoms in total. The molecule has 0 spiro atoms. The predicted molar refractivity (Wildman–Crippen MR) is 74.4 cm³/mol. The first kappa shape index (κ1) is 14.8. The lowest BCUT2D eigenvalue weighted by atomic mass is 10.1. The molecule has 0 saturated heterocycles. The van der Waals surface area contributed by atoms with Gasteiger partial charge in [0.25, 0.3) is 5.91 Å². The Kier molecular flexibility index (Phi) is 5.95. The number of benzene rings is 1. The number of nitrogens with one attached hydrogen (secondary N) is 2. The van der Waals surface area contributed by atoms with Crippen molar-refractivity contribution in [1.29, 1.82) is 0 Å². The molecule has 1 aromatic carbocycles. The van der Waals surface area contributed by atoms with Crippen LogP contribution in [0.1, 0.15) is 23.7 Å². The second-order valence-electron chi connectivity index (χ2n) is 3.98. The molecule has 2 N–H and O–H groups in total. The highest BCUT2D eigenvalue weighted by Crippen LogP contribution is 2.24. The largest absolute Gasteiger partial charge is 0.383 e. The highest BCUT2D eigenvalue weighted by atomic mass is 35.5. The maximum Gasteiger partial charge on any atom is 0.251 e. The maximum atomic E-state index is 11.6. The van der Waals surface area contributed by atoms with E-state index in [1.165, 1.54) is 0 Å². The molecule has 0 aliphatic heterocycles. The minimum absolute atomic E-state index is 0.130. The van der Waals surface area contributed by atoms with Crippen molar-refractivity contribution in [3.63, 3.8) is 0 Å². The third-order valence-electron chi connectivity index (χ3n) is 2.68. The van der Waals surface area contributed by atoms with Gasteiger partial charge in [-0.3, -0.25) is 4.79 Å². The Morgan fingerprint density at radius 2 is 2.22 bits per heavy atom. The van der Waals surface area contributed by atoms with E-state index >= 15 is 0 Å². The SMILES string of the molecule is CCC(COC)Nc1cc(C(=O)NC)ccc1Cl. The van der Waals surface area contributed by atoms with Gasteiger partial charge in [-0.15, -0.1) is 0 Å². The predicted octanol–water partition coefficient (Wildman–Crippen LogP) is 2.54. The molecule has 1 unspecified atom stereocenters. The Morgan fingerprint density at radius 3 is 2.78 bits per heavy atom. The summed E-state index contributed by atoms with van der Waals surface area (Å²) in [7, 11) is 3.26. The molecule has 0 aromatic heterocycles. The molecule has 0 aliphatic carbocycles. The highest BCUT2D eigenvalue weighted by molar-refractivity contribution is 6.33. The van der Waals surface area contributed by atoms with Crippen molar-refractivity contribution in [1.82, 2.24) is 5.32 Å². The Bertz CT molecular complexity index is 410. The number of carbonyl (C=O) groups is 1. The van der Waals surface area contributed by atoms with Crippen molar-refractivity contribution < 1.29 is 9.53 Å². The minimum Gasteiger partial charge on any atom is -0.383 e. The average Bonchev–Trinajstić information content (AvgIpc) is 2.39. The van der Waals surface area contributed by atoms with Gasteiger partial charge in [-0.1, -0.05) is 18.5 Å². The van der Waals surface area contributed by atoms with Crippen LogP contribution in [0.25, 0.3) is 0 Å². The van der Waals surface area contributed by atoms with Crippen LogP contribution in [0, 0.1) is 0 Å². The van der Waals surface area contributed by atoms with Crippen molar-refractivity contribution in [2.75, 3.05) is 26.1 Å². The lowest BCUT2D eigenvalue weighted by molar-refractivity contribution is 0.0963. The minimum atomic E-state index is -0.130. The van der Waals surface area contributed by atoms with Gasteiger partial charge >= 0.3 is 0 Å². The number of halogens is 1. The van der Waals surface area contributed by atoms with E-state index in [1.807, 2.05) is 0 Å². The lowest BCUT2D eigenvalue weighted by Gasteiger charge is -2.18. The van der Waals surface area contributed by atoms with Crippen LogP contribution in [0.5, 0.6) is 0 Å². The number of anilines is 1.